The van der Waals surface area contributed by atoms with E-state index >= 15 is 0 Å². The van der Waals surface area contributed by atoms with E-state index in [9.17, 15) is 14.4 Å². The summed E-state index contributed by atoms with van der Waals surface area (Å²) in [6.45, 7) is 5.42. The molecule has 0 fully saturated rings. The van der Waals surface area contributed by atoms with Crippen LogP contribution in [0.25, 0.3) is 0 Å². The van der Waals surface area contributed by atoms with Gasteiger partial charge in [0.1, 0.15) is 11.8 Å². The van der Waals surface area contributed by atoms with E-state index in [-0.39, 0.29) is 18.9 Å². The topological polar surface area (TPSA) is 109 Å². The van der Waals surface area contributed by atoms with Crippen molar-refractivity contribution in [3.05, 3.63) is 60.2 Å². The minimum absolute atomic E-state index is 0.137. The average Bonchev–Trinajstić information content (AvgIpc) is 2.82. The highest BCUT2D eigenvalue weighted by Crippen LogP contribution is 2.19. The lowest BCUT2D eigenvalue weighted by Crippen LogP contribution is -2.46. The highest BCUT2D eigenvalue weighted by molar-refractivity contribution is 5.99. The Kier molecular flexibility index (Phi) is 9.90. The molecule has 2 rings (SSSR count). The summed E-state index contributed by atoms with van der Waals surface area (Å²) in [5.41, 5.74) is 0.913. The number of carbonyl (C=O) groups is 3. The van der Waals surface area contributed by atoms with Crippen LogP contribution in [0.2, 0.25) is 0 Å². The van der Waals surface area contributed by atoms with Crippen molar-refractivity contribution >= 4 is 23.5 Å². The quantitative estimate of drug-likeness (QED) is 0.525. The number of nitrogens with one attached hydrogen (secondary N) is 1. The molecule has 8 nitrogen and oxygen atoms in total. The molecule has 8 heteroatoms. The van der Waals surface area contributed by atoms with E-state index in [1.165, 1.54) is 4.90 Å². The van der Waals surface area contributed by atoms with Gasteiger partial charge < -0.3 is 19.7 Å². The summed E-state index contributed by atoms with van der Waals surface area (Å²) in [6.07, 6.45) is 0.137. The van der Waals surface area contributed by atoms with Crippen molar-refractivity contribution in [2.24, 2.45) is 5.92 Å². The highest BCUT2D eigenvalue weighted by atomic mass is 16.5. The summed E-state index contributed by atoms with van der Waals surface area (Å²) in [6, 6.07) is 16.7. The van der Waals surface area contributed by atoms with Crippen LogP contribution in [0.3, 0.4) is 0 Å². The van der Waals surface area contributed by atoms with Gasteiger partial charge >= 0.3 is 5.97 Å². The minimum atomic E-state index is -0.954. The number of hydrogen-bond donors (Lipinski definition) is 1. The van der Waals surface area contributed by atoms with Gasteiger partial charge in [-0.15, -0.1) is 0 Å². The van der Waals surface area contributed by atoms with Gasteiger partial charge in [0.15, 0.2) is 6.61 Å². The Balaban J connectivity index is 2.07. The van der Waals surface area contributed by atoms with Gasteiger partial charge in [0.05, 0.1) is 24.7 Å². The van der Waals surface area contributed by atoms with E-state index < -0.39 is 30.4 Å². The molecule has 0 aliphatic carbocycles. The van der Waals surface area contributed by atoms with Crippen molar-refractivity contribution in [1.29, 1.82) is 5.26 Å². The second-order valence-corrected chi connectivity index (χ2v) is 7.52. The van der Waals surface area contributed by atoms with Gasteiger partial charge in [-0.25, -0.2) is 4.79 Å². The fraction of sp³-hybridized carbons (Fsp3) is 0.360. The first kappa shape index (κ1) is 25.4. The summed E-state index contributed by atoms with van der Waals surface area (Å²) < 4.78 is 10.8. The summed E-state index contributed by atoms with van der Waals surface area (Å²) in [4.78, 5) is 39.7. The third kappa shape index (κ3) is 7.35. The molecule has 0 aliphatic heterocycles. The molecule has 0 unspecified atom stereocenters. The maximum Gasteiger partial charge on any atom is 0.329 e. The lowest BCUT2D eigenvalue weighted by atomic mass is 10.0. The van der Waals surface area contributed by atoms with Gasteiger partial charge in [-0.3, -0.25) is 9.59 Å². The lowest BCUT2D eigenvalue weighted by Gasteiger charge is -2.24. The molecular weight excluding hydrogens is 422 g/mol. The standard InChI is InChI=1S/C25H29N3O5/c1-4-32-21-14-9-8-13-20(21)24(30)27-23(18(2)3)25(31)33-17-22(29)28(16-10-15-26)19-11-6-5-7-12-19/h5-9,11-14,18,23H,4,10,16-17H2,1-3H3,(H,27,30)/t23-/m0/s1. The van der Waals surface area contributed by atoms with Crippen molar-refractivity contribution in [2.45, 2.75) is 33.2 Å². The van der Waals surface area contributed by atoms with Crippen molar-refractivity contribution in [3.63, 3.8) is 0 Å². The van der Waals surface area contributed by atoms with Crippen molar-refractivity contribution in [2.75, 3.05) is 24.7 Å². The van der Waals surface area contributed by atoms with Gasteiger partial charge in [-0.2, -0.15) is 5.26 Å². The molecule has 1 N–H and O–H groups in total. The number of nitrogens with zero attached hydrogens (tertiary/aromatic N) is 2. The number of amides is 2. The summed E-state index contributed by atoms with van der Waals surface area (Å²) in [7, 11) is 0. The fourth-order valence-corrected chi connectivity index (χ4v) is 3.12. The van der Waals surface area contributed by atoms with E-state index in [1.54, 1.807) is 62.4 Å². The Bertz CT molecular complexity index is 985. The Hall–Kier alpha value is -3.86. The predicted molar refractivity (Wildman–Crippen MR) is 124 cm³/mol. The molecule has 0 spiro atoms. The number of hydrogen-bond acceptors (Lipinski definition) is 6. The molecule has 0 aliphatic rings. The number of para-hydroxylation sites is 2. The van der Waals surface area contributed by atoms with E-state index in [4.69, 9.17) is 14.7 Å². The minimum Gasteiger partial charge on any atom is -0.493 e. The molecule has 0 radical (unpaired) electrons. The number of rotatable bonds is 11. The van der Waals surface area contributed by atoms with Crippen LogP contribution in [0.15, 0.2) is 54.6 Å². The number of nitriles is 1. The van der Waals surface area contributed by atoms with Crippen LogP contribution in [0.1, 0.15) is 37.6 Å². The lowest BCUT2D eigenvalue weighted by molar-refractivity contribution is -0.150. The molecule has 0 saturated heterocycles. The molecule has 0 aromatic heterocycles. The van der Waals surface area contributed by atoms with Crippen LogP contribution in [0, 0.1) is 17.2 Å². The Labute approximate surface area is 194 Å². The van der Waals surface area contributed by atoms with Crippen molar-refractivity contribution in [1.82, 2.24) is 5.32 Å². The number of anilines is 1. The SMILES string of the molecule is CCOc1ccccc1C(=O)N[C@H](C(=O)OCC(=O)N(CCC#N)c1ccccc1)C(C)C. The molecule has 0 bridgehead atoms. The molecule has 2 amide bonds. The van der Waals surface area contributed by atoms with Crippen LogP contribution in [0.5, 0.6) is 5.75 Å². The van der Waals surface area contributed by atoms with E-state index in [1.807, 2.05) is 19.1 Å². The number of benzene rings is 2. The first-order chi connectivity index (χ1) is 15.9. The number of carbonyl (C=O) groups excluding carboxylic acids is 3. The summed E-state index contributed by atoms with van der Waals surface area (Å²) in [5.74, 6) is -1.51. The normalized spacial score (nSPS) is 11.2. The van der Waals surface area contributed by atoms with E-state index in [0.717, 1.165) is 0 Å². The van der Waals surface area contributed by atoms with E-state index in [2.05, 4.69) is 5.32 Å². The maximum absolute atomic E-state index is 12.8. The first-order valence-corrected chi connectivity index (χ1v) is 10.8. The van der Waals surface area contributed by atoms with Gasteiger partial charge in [-0.1, -0.05) is 44.2 Å². The number of esters is 1. The molecule has 174 valence electrons. The van der Waals surface area contributed by atoms with Crippen molar-refractivity contribution in [3.8, 4) is 11.8 Å². The van der Waals surface area contributed by atoms with Crippen molar-refractivity contribution < 1.29 is 23.9 Å². The Morgan fingerprint density at radius 2 is 1.73 bits per heavy atom. The van der Waals surface area contributed by atoms with Gasteiger partial charge in [0, 0.05) is 12.2 Å². The van der Waals surface area contributed by atoms with Crippen LogP contribution in [-0.4, -0.2) is 43.6 Å². The molecular formula is C25H29N3O5. The molecule has 2 aromatic carbocycles. The zero-order valence-corrected chi connectivity index (χ0v) is 19.1. The smallest absolute Gasteiger partial charge is 0.329 e. The maximum atomic E-state index is 12.8. The van der Waals surface area contributed by atoms with Crippen LogP contribution in [-0.2, 0) is 14.3 Å². The van der Waals surface area contributed by atoms with Gasteiger partial charge in [0.2, 0.25) is 0 Å². The summed E-state index contributed by atoms with van der Waals surface area (Å²) >= 11 is 0. The van der Waals surface area contributed by atoms with Crippen LogP contribution in [0.4, 0.5) is 5.69 Å². The third-order valence-electron chi connectivity index (χ3n) is 4.79. The predicted octanol–water partition coefficient (Wildman–Crippen LogP) is 3.33. The van der Waals surface area contributed by atoms with E-state index in [0.29, 0.717) is 23.6 Å². The monoisotopic (exact) mass is 451 g/mol. The second kappa shape index (κ2) is 12.9. The average molecular weight is 452 g/mol. The largest absolute Gasteiger partial charge is 0.493 e. The molecule has 0 heterocycles. The first-order valence-electron chi connectivity index (χ1n) is 10.8. The Morgan fingerprint density at radius 1 is 1.06 bits per heavy atom. The Morgan fingerprint density at radius 3 is 2.36 bits per heavy atom. The van der Waals surface area contributed by atoms with Gasteiger partial charge in [-0.05, 0) is 37.1 Å². The highest BCUT2D eigenvalue weighted by Gasteiger charge is 2.28. The van der Waals surface area contributed by atoms with Crippen LogP contribution >= 0.6 is 0 Å². The molecule has 0 saturated carbocycles. The third-order valence-corrected chi connectivity index (χ3v) is 4.79. The molecule has 2 aromatic rings. The second-order valence-electron chi connectivity index (χ2n) is 7.52. The number of ether oxygens (including phenoxy) is 2. The zero-order valence-electron chi connectivity index (χ0n) is 19.1. The van der Waals surface area contributed by atoms with Gasteiger partial charge in [0.25, 0.3) is 11.8 Å². The fourth-order valence-electron chi connectivity index (χ4n) is 3.12. The summed E-state index contributed by atoms with van der Waals surface area (Å²) in [5, 5.41) is 11.6. The molecule has 1 atom stereocenters. The molecule has 33 heavy (non-hydrogen) atoms. The zero-order chi connectivity index (χ0) is 24.2. The van der Waals surface area contributed by atoms with Crippen LogP contribution < -0.4 is 15.0 Å².